The normalized spacial score (nSPS) is 9.33. The van der Waals surface area contributed by atoms with Gasteiger partial charge in [0, 0.05) is 11.6 Å². The SMILES string of the molecule is CC(C)COC(=O)Cl.C[S+](C)[O-]. The van der Waals surface area contributed by atoms with Crippen LogP contribution in [0.4, 0.5) is 4.79 Å². The second-order valence-corrected chi connectivity index (χ2v) is 4.48. The molecule has 74 valence electrons. The fourth-order valence-electron chi connectivity index (χ4n) is 0.232. The molecule has 0 aromatic carbocycles. The summed E-state index contributed by atoms with van der Waals surface area (Å²) < 4.78 is 14.0. The lowest BCUT2D eigenvalue weighted by Gasteiger charge is -2.00. The first kappa shape index (κ1) is 14.6. The number of halogens is 1. The zero-order valence-electron chi connectivity index (χ0n) is 7.80. The molecule has 0 bridgehead atoms. The molecule has 0 atom stereocenters. The molecule has 0 radical (unpaired) electrons. The van der Waals surface area contributed by atoms with Gasteiger partial charge in [0.05, 0.1) is 19.1 Å². The molecule has 0 aromatic rings. The van der Waals surface area contributed by atoms with E-state index in [2.05, 4.69) is 4.74 Å². The maximum Gasteiger partial charge on any atom is 0.403 e. The van der Waals surface area contributed by atoms with Crippen LogP contribution in [0.3, 0.4) is 0 Å². The van der Waals surface area contributed by atoms with E-state index < -0.39 is 16.6 Å². The highest BCUT2D eigenvalue weighted by atomic mass is 35.5. The highest BCUT2D eigenvalue weighted by molar-refractivity contribution is 7.89. The molecule has 0 aliphatic carbocycles. The molecule has 0 fully saturated rings. The Hall–Kier alpha value is 0.0700. The summed E-state index contributed by atoms with van der Waals surface area (Å²) in [6, 6.07) is 0. The van der Waals surface area contributed by atoms with Crippen molar-refractivity contribution in [3.63, 3.8) is 0 Å². The molecule has 0 spiro atoms. The standard InChI is InChI=1S/C5H9ClO2.C2H6OS/c1-4(2)3-8-5(6)7;1-4(2)3/h4H,3H2,1-2H3;1-2H3. The molecule has 0 saturated heterocycles. The lowest BCUT2D eigenvalue weighted by atomic mass is 10.2. The van der Waals surface area contributed by atoms with E-state index >= 15 is 0 Å². The van der Waals surface area contributed by atoms with Gasteiger partial charge in [0.1, 0.15) is 0 Å². The zero-order chi connectivity index (χ0) is 10.1. The maximum absolute atomic E-state index is 9.89. The van der Waals surface area contributed by atoms with Crippen LogP contribution < -0.4 is 0 Å². The molecule has 0 aliphatic heterocycles. The molecule has 0 aromatic heterocycles. The summed E-state index contributed by atoms with van der Waals surface area (Å²) in [5.41, 5.74) is -0.723. The fraction of sp³-hybridized carbons (Fsp3) is 0.857. The van der Waals surface area contributed by atoms with Crippen LogP contribution in [0.5, 0.6) is 0 Å². The molecule has 0 heterocycles. The van der Waals surface area contributed by atoms with Crippen molar-refractivity contribution in [1.29, 1.82) is 0 Å². The number of hydrogen-bond acceptors (Lipinski definition) is 3. The van der Waals surface area contributed by atoms with Crippen LogP contribution in [-0.4, -0.2) is 29.1 Å². The Kier molecular flexibility index (Phi) is 11.1. The predicted molar refractivity (Wildman–Crippen MR) is 52.0 cm³/mol. The lowest BCUT2D eigenvalue weighted by molar-refractivity contribution is 0.159. The van der Waals surface area contributed by atoms with Crippen molar-refractivity contribution in [2.24, 2.45) is 5.92 Å². The van der Waals surface area contributed by atoms with Gasteiger partial charge in [0.25, 0.3) is 0 Å². The largest absolute Gasteiger partial charge is 0.617 e. The predicted octanol–water partition coefficient (Wildman–Crippen LogP) is 2.01. The van der Waals surface area contributed by atoms with Crippen molar-refractivity contribution in [2.45, 2.75) is 13.8 Å². The minimum atomic E-state index is -0.723. The van der Waals surface area contributed by atoms with E-state index in [4.69, 9.17) is 11.6 Å². The van der Waals surface area contributed by atoms with Gasteiger partial charge < -0.3 is 9.29 Å². The van der Waals surface area contributed by atoms with Crippen LogP contribution in [0.1, 0.15) is 13.8 Å². The molecule has 3 nitrogen and oxygen atoms in total. The molecule has 0 rings (SSSR count). The van der Waals surface area contributed by atoms with Crippen LogP contribution in [0.15, 0.2) is 0 Å². The van der Waals surface area contributed by atoms with Gasteiger partial charge in [-0.2, -0.15) is 0 Å². The minimum absolute atomic E-state index is 0.359. The average molecular weight is 215 g/mol. The van der Waals surface area contributed by atoms with Crippen LogP contribution in [-0.2, 0) is 15.9 Å². The van der Waals surface area contributed by atoms with Crippen LogP contribution in [0.25, 0.3) is 0 Å². The summed E-state index contributed by atoms with van der Waals surface area (Å²) >= 11 is 4.25. The average Bonchev–Trinajstić information content (AvgIpc) is 1.82. The fourth-order valence-corrected chi connectivity index (χ4v) is 0.295. The first-order valence-corrected chi connectivity index (χ1v) is 5.78. The Labute approximate surface area is 81.6 Å². The first-order valence-electron chi connectivity index (χ1n) is 3.43. The van der Waals surface area contributed by atoms with Gasteiger partial charge in [-0.25, -0.2) is 4.79 Å². The number of ether oxygens (including phenoxy) is 1. The number of carbonyl (C=O) groups is 1. The molecule has 0 amide bonds. The monoisotopic (exact) mass is 214 g/mol. The second kappa shape index (κ2) is 9.16. The first-order chi connectivity index (χ1) is 5.36. The van der Waals surface area contributed by atoms with E-state index in [1.165, 1.54) is 0 Å². The Balaban J connectivity index is 0. The highest BCUT2D eigenvalue weighted by Crippen LogP contribution is 1.94. The minimum Gasteiger partial charge on any atom is -0.617 e. The van der Waals surface area contributed by atoms with E-state index in [9.17, 15) is 9.35 Å². The molecule has 12 heavy (non-hydrogen) atoms. The van der Waals surface area contributed by atoms with Crippen LogP contribution in [0, 0.1) is 5.92 Å². The van der Waals surface area contributed by atoms with Gasteiger partial charge >= 0.3 is 5.43 Å². The van der Waals surface area contributed by atoms with Crippen molar-refractivity contribution in [3.05, 3.63) is 0 Å². The van der Waals surface area contributed by atoms with Crippen molar-refractivity contribution >= 4 is 28.2 Å². The number of hydrogen-bond donors (Lipinski definition) is 0. The Morgan fingerprint density at radius 1 is 1.58 bits per heavy atom. The van der Waals surface area contributed by atoms with Gasteiger partial charge in [-0.1, -0.05) is 25.0 Å². The molecule has 0 saturated carbocycles. The Bertz CT molecular complexity index is 114. The molecule has 5 heteroatoms. The van der Waals surface area contributed by atoms with Gasteiger partial charge in [-0.05, 0) is 5.92 Å². The van der Waals surface area contributed by atoms with E-state index in [0.29, 0.717) is 12.5 Å². The molecular formula is C7H15ClO3S. The molecule has 0 unspecified atom stereocenters. The van der Waals surface area contributed by atoms with Gasteiger partial charge in [-0.3, -0.25) is 0 Å². The maximum atomic E-state index is 9.89. The quantitative estimate of drug-likeness (QED) is 0.522. The summed E-state index contributed by atoms with van der Waals surface area (Å²) in [5.74, 6) is 0.359. The topological polar surface area (TPSA) is 49.4 Å². The third kappa shape index (κ3) is 32.2. The van der Waals surface area contributed by atoms with Crippen molar-refractivity contribution < 1.29 is 14.1 Å². The van der Waals surface area contributed by atoms with Crippen LogP contribution in [0.2, 0.25) is 0 Å². The van der Waals surface area contributed by atoms with Crippen molar-refractivity contribution in [3.8, 4) is 0 Å². The number of carbonyl (C=O) groups excluding carboxylic acids is 1. The zero-order valence-corrected chi connectivity index (χ0v) is 9.37. The van der Waals surface area contributed by atoms with Crippen molar-refractivity contribution in [1.82, 2.24) is 0 Å². The number of rotatable bonds is 2. The molecule has 0 aliphatic rings. The lowest BCUT2D eigenvalue weighted by Crippen LogP contribution is -2.02. The third-order valence-corrected chi connectivity index (χ3v) is 0.639. The Morgan fingerprint density at radius 3 is 2.00 bits per heavy atom. The molecule has 0 N–H and O–H groups in total. The van der Waals surface area contributed by atoms with Gasteiger partial charge in [-0.15, -0.1) is 0 Å². The van der Waals surface area contributed by atoms with E-state index in [-0.39, 0.29) is 0 Å². The summed E-state index contributed by atoms with van der Waals surface area (Å²) in [6.07, 6.45) is 3.28. The summed E-state index contributed by atoms with van der Waals surface area (Å²) in [4.78, 5) is 9.89. The summed E-state index contributed by atoms with van der Waals surface area (Å²) in [6.45, 7) is 4.29. The Morgan fingerprint density at radius 2 is 1.92 bits per heavy atom. The van der Waals surface area contributed by atoms with Crippen LogP contribution >= 0.6 is 11.6 Å². The highest BCUT2D eigenvalue weighted by Gasteiger charge is 1.96. The molecular weight excluding hydrogens is 200 g/mol. The van der Waals surface area contributed by atoms with Gasteiger partial charge in [0.15, 0.2) is 0 Å². The van der Waals surface area contributed by atoms with E-state index in [1.807, 2.05) is 13.8 Å². The second-order valence-electron chi connectivity index (χ2n) is 2.68. The summed E-state index contributed by atoms with van der Waals surface area (Å²) in [5, 5.41) is 0. The van der Waals surface area contributed by atoms with Gasteiger partial charge in [0.2, 0.25) is 0 Å². The van der Waals surface area contributed by atoms with Crippen molar-refractivity contribution in [2.75, 3.05) is 19.1 Å². The van der Waals surface area contributed by atoms with E-state index in [0.717, 1.165) is 0 Å². The van der Waals surface area contributed by atoms with E-state index in [1.54, 1.807) is 12.5 Å². The third-order valence-electron chi connectivity index (χ3n) is 0.530. The summed E-state index contributed by atoms with van der Waals surface area (Å²) in [7, 11) is 0. The smallest absolute Gasteiger partial charge is 0.403 e.